The Morgan fingerprint density at radius 3 is 2.48 bits per heavy atom. The Labute approximate surface area is 140 Å². The van der Waals surface area contributed by atoms with Crippen molar-refractivity contribution in [2.45, 2.75) is 33.2 Å². The summed E-state index contributed by atoms with van der Waals surface area (Å²) in [4.78, 5) is 20.6. The van der Waals surface area contributed by atoms with E-state index >= 15 is 0 Å². The van der Waals surface area contributed by atoms with E-state index in [-0.39, 0.29) is 12.5 Å². The summed E-state index contributed by atoms with van der Waals surface area (Å²) in [7, 11) is 3.74. The number of amides is 1. The third-order valence-electron chi connectivity index (χ3n) is 3.77. The first kappa shape index (κ1) is 19.0. The molecular weight excluding hydrogens is 288 g/mol. The molecule has 1 aromatic carbocycles. The number of hydrogen-bond acceptors (Lipinski definition) is 2. The summed E-state index contributed by atoms with van der Waals surface area (Å²) in [6, 6.07) is 10.1. The number of hydrogen-bond donors (Lipinski definition) is 1. The number of likely N-dealkylation sites (N-methyl/N-ethyl adjacent to an activating group) is 1. The Morgan fingerprint density at radius 1 is 1.22 bits per heavy atom. The van der Waals surface area contributed by atoms with Crippen LogP contribution in [0.1, 0.15) is 32.3 Å². The maximum Gasteiger partial charge on any atom is 0.242 e. The summed E-state index contributed by atoms with van der Waals surface area (Å²) in [6.45, 7) is 6.71. The first-order chi connectivity index (χ1) is 11.1. The van der Waals surface area contributed by atoms with Crippen LogP contribution in [-0.4, -0.2) is 55.4 Å². The molecule has 5 nitrogen and oxygen atoms in total. The molecule has 0 aromatic heterocycles. The fourth-order valence-corrected chi connectivity index (χ4v) is 2.33. The Kier molecular flexibility index (Phi) is 8.80. The van der Waals surface area contributed by atoms with E-state index < -0.39 is 0 Å². The second kappa shape index (κ2) is 10.6. The fraction of sp³-hybridized carbons (Fsp3) is 0.556. The number of carbonyl (C=O) groups excluding carboxylic acids is 1. The van der Waals surface area contributed by atoms with Gasteiger partial charge in [0.1, 0.15) is 0 Å². The molecule has 0 unspecified atom stereocenters. The predicted octanol–water partition coefficient (Wildman–Crippen LogP) is 2.34. The second-order valence-electron chi connectivity index (χ2n) is 5.57. The maximum absolute atomic E-state index is 12.4. The topological polar surface area (TPSA) is 47.9 Å². The lowest BCUT2D eigenvalue weighted by Crippen LogP contribution is -2.45. The molecule has 128 valence electrons. The molecule has 1 N–H and O–H groups in total. The van der Waals surface area contributed by atoms with Crippen LogP contribution in [0.2, 0.25) is 0 Å². The normalized spacial score (nSPS) is 11.2. The Hall–Kier alpha value is -2.04. The maximum atomic E-state index is 12.4. The van der Waals surface area contributed by atoms with Crippen LogP contribution in [0.3, 0.4) is 0 Å². The van der Waals surface area contributed by atoms with Crippen LogP contribution in [0.4, 0.5) is 0 Å². The average Bonchev–Trinajstić information content (AvgIpc) is 2.58. The second-order valence-corrected chi connectivity index (χ2v) is 5.57. The van der Waals surface area contributed by atoms with E-state index in [1.54, 1.807) is 7.05 Å². The average molecular weight is 318 g/mol. The number of rotatable bonds is 8. The molecule has 0 radical (unpaired) electrons. The molecule has 0 aliphatic carbocycles. The van der Waals surface area contributed by atoms with E-state index in [9.17, 15) is 4.79 Å². The van der Waals surface area contributed by atoms with Crippen molar-refractivity contribution in [3.63, 3.8) is 0 Å². The molecule has 0 atom stereocenters. The molecule has 0 aliphatic heterocycles. The zero-order valence-electron chi connectivity index (χ0n) is 14.9. The van der Waals surface area contributed by atoms with Crippen LogP contribution in [0.5, 0.6) is 0 Å². The highest BCUT2D eigenvalue weighted by molar-refractivity contribution is 5.86. The molecule has 0 fully saturated rings. The first-order valence-electron chi connectivity index (χ1n) is 8.35. The summed E-state index contributed by atoms with van der Waals surface area (Å²) in [6.07, 6.45) is 2.25. The van der Waals surface area contributed by atoms with Crippen LogP contribution >= 0.6 is 0 Å². The van der Waals surface area contributed by atoms with Gasteiger partial charge in [0, 0.05) is 33.7 Å². The third-order valence-corrected chi connectivity index (χ3v) is 3.77. The highest BCUT2D eigenvalue weighted by Gasteiger charge is 2.13. The van der Waals surface area contributed by atoms with Gasteiger partial charge in [0.05, 0.1) is 6.54 Å². The van der Waals surface area contributed by atoms with Crippen LogP contribution < -0.4 is 5.32 Å². The van der Waals surface area contributed by atoms with Crippen LogP contribution in [-0.2, 0) is 11.3 Å². The largest absolute Gasteiger partial charge is 0.347 e. The SMILES string of the molecule is CCCCN(C)C(=NC)NCC(=O)N(CC)Cc1ccccc1. The lowest BCUT2D eigenvalue weighted by Gasteiger charge is -2.24. The zero-order chi connectivity index (χ0) is 17.1. The van der Waals surface area contributed by atoms with Gasteiger partial charge in [-0.2, -0.15) is 0 Å². The van der Waals surface area contributed by atoms with Crippen molar-refractivity contribution in [1.29, 1.82) is 0 Å². The van der Waals surface area contributed by atoms with E-state index in [0.29, 0.717) is 13.1 Å². The van der Waals surface area contributed by atoms with Gasteiger partial charge in [-0.15, -0.1) is 0 Å². The molecule has 1 rings (SSSR count). The summed E-state index contributed by atoms with van der Waals surface area (Å²) in [5.41, 5.74) is 1.15. The number of nitrogens with one attached hydrogen (secondary N) is 1. The Morgan fingerprint density at radius 2 is 1.91 bits per heavy atom. The number of carbonyl (C=O) groups is 1. The van der Waals surface area contributed by atoms with Crippen molar-refractivity contribution in [1.82, 2.24) is 15.1 Å². The van der Waals surface area contributed by atoms with Crippen LogP contribution in [0, 0.1) is 0 Å². The van der Waals surface area contributed by atoms with E-state index in [1.165, 1.54) is 0 Å². The molecule has 0 saturated heterocycles. The van der Waals surface area contributed by atoms with Crippen molar-refractivity contribution in [3.05, 3.63) is 35.9 Å². The molecule has 1 aromatic rings. The van der Waals surface area contributed by atoms with E-state index in [0.717, 1.165) is 30.9 Å². The smallest absolute Gasteiger partial charge is 0.242 e. The van der Waals surface area contributed by atoms with Gasteiger partial charge in [-0.25, -0.2) is 0 Å². The van der Waals surface area contributed by atoms with Gasteiger partial charge in [0.25, 0.3) is 0 Å². The zero-order valence-corrected chi connectivity index (χ0v) is 14.9. The van der Waals surface area contributed by atoms with Gasteiger partial charge >= 0.3 is 0 Å². The molecule has 5 heteroatoms. The molecule has 1 amide bonds. The molecule has 0 bridgehead atoms. The van der Waals surface area contributed by atoms with Gasteiger partial charge in [-0.05, 0) is 18.9 Å². The third kappa shape index (κ3) is 6.72. The highest BCUT2D eigenvalue weighted by Crippen LogP contribution is 2.04. The summed E-state index contributed by atoms with van der Waals surface area (Å²) < 4.78 is 0. The minimum Gasteiger partial charge on any atom is -0.347 e. The minimum absolute atomic E-state index is 0.0846. The molecule has 0 spiro atoms. The minimum atomic E-state index is 0.0846. The van der Waals surface area contributed by atoms with Gasteiger partial charge in [-0.3, -0.25) is 9.79 Å². The molecule has 0 heterocycles. The first-order valence-corrected chi connectivity index (χ1v) is 8.35. The van der Waals surface area contributed by atoms with E-state index in [4.69, 9.17) is 0 Å². The quantitative estimate of drug-likeness (QED) is 0.591. The van der Waals surface area contributed by atoms with Crippen molar-refractivity contribution in [3.8, 4) is 0 Å². The lowest BCUT2D eigenvalue weighted by atomic mass is 10.2. The number of nitrogens with zero attached hydrogens (tertiary/aromatic N) is 3. The standard InChI is InChI=1S/C18H30N4O/c1-5-7-13-21(4)18(19-3)20-14-17(23)22(6-2)15-16-11-9-8-10-12-16/h8-12H,5-7,13-15H2,1-4H3,(H,19,20). The van der Waals surface area contributed by atoms with Crippen LogP contribution in [0.15, 0.2) is 35.3 Å². The summed E-state index contributed by atoms with van der Waals surface area (Å²) in [5.74, 6) is 0.851. The van der Waals surface area contributed by atoms with Gasteiger partial charge in [0.2, 0.25) is 5.91 Å². The summed E-state index contributed by atoms with van der Waals surface area (Å²) >= 11 is 0. The summed E-state index contributed by atoms with van der Waals surface area (Å²) in [5, 5.41) is 3.16. The van der Waals surface area contributed by atoms with Crippen molar-refractivity contribution in [2.24, 2.45) is 4.99 Å². The molecule has 0 saturated carbocycles. The number of unbranched alkanes of at least 4 members (excludes halogenated alkanes) is 1. The Bertz CT molecular complexity index is 487. The van der Waals surface area contributed by atoms with Gasteiger partial charge in [0.15, 0.2) is 5.96 Å². The van der Waals surface area contributed by atoms with E-state index in [2.05, 4.69) is 22.1 Å². The monoisotopic (exact) mass is 318 g/mol. The molecule has 0 aliphatic rings. The van der Waals surface area contributed by atoms with Crippen molar-refractivity contribution < 1.29 is 4.79 Å². The lowest BCUT2D eigenvalue weighted by molar-refractivity contribution is -0.130. The number of guanidine groups is 1. The molecule has 23 heavy (non-hydrogen) atoms. The van der Waals surface area contributed by atoms with E-state index in [1.807, 2.05) is 49.2 Å². The van der Waals surface area contributed by atoms with Gasteiger partial charge in [-0.1, -0.05) is 43.7 Å². The highest BCUT2D eigenvalue weighted by atomic mass is 16.2. The van der Waals surface area contributed by atoms with Crippen molar-refractivity contribution >= 4 is 11.9 Å². The predicted molar refractivity (Wildman–Crippen MR) is 96.4 cm³/mol. The number of aliphatic imine (C=N–C) groups is 1. The van der Waals surface area contributed by atoms with Crippen LogP contribution in [0.25, 0.3) is 0 Å². The number of benzene rings is 1. The van der Waals surface area contributed by atoms with Crippen molar-refractivity contribution in [2.75, 3.05) is 33.7 Å². The molecular formula is C18H30N4O. The fourth-order valence-electron chi connectivity index (χ4n) is 2.33. The van der Waals surface area contributed by atoms with Gasteiger partial charge < -0.3 is 15.1 Å². The Balaban J connectivity index is 2.52.